The molecule has 0 fully saturated rings. The summed E-state index contributed by atoms with van der Waals surface area (Å²) in [5, 5.41) is 18.6. The van der Waals surface area contributed by atoms with Crippen molar-refractivity contribution < 1.29 is 23.9 Å². The molecule has 0 saturated heterocycles. The number of Topliss-reactive ketones (excluding diaryl/α,β-unsaturated/α-hetero) is 1. The number of nitriles is 1. The maximum Gasteiger partial charge on any atom is 0.326 e. The zero-order valence-corrected chi connectivity index (χ0v) is 20.0. The van der Waals surface area contributed by atoms with Gasteiger partial charge in [-0.2, -0.15) is 5.26 Å². The van der Waals surface area contributed by atoms with E-state index in [1.807, 2.05) is 44.2 Å². The molecule has 1 N–H and O–H groups in total. The van der Waals surface area contributed by atoms with Gasteiger partial charge in [-0.3, -0.25) is 24.7 Å². The molecule has 1 spiro atoms. The number of carbonyl (C=O) groups is 3. The first kappa shape index (κ1) is 23.5. The Morgan fingerprint density at radius 3 is 2.56 bits per heavy atom. The van der Waals surface area contributed by atoms with Gasteiger partial charge in [0.1, 0.15) is 30.2 Å². The second kappa shape index (κ2) is 8.45. The Morgan fingerprint density at radius 2 is 1.83 bits per heavy atom. The van der Waals surface area contributed by atoms with Crippen LogP contribution in [-0.4, -0.2) is 30.1 Å². The van der Waals surface area contributed by atoms with Crippen LogP contribution in [-0.2, 0) is 35.9 Å². The smallest absolute Gasteiger partial charge is 0.326 e. The maximum atomic E-state index is 14.3. The molecule has 1 amide bonds. The van der Waals surface area contributed by atoms with Crippen LogP contribution in [0.15, 0.2) is 65.9 Å². The predicted molar refractivity (Wildman–Crippen MR) is 130 cm³/mol. The van der Waals surface area contributed by atoms with Crippen molar-refractivity contribution in [2.75, 3.05) is 11.4 Å². The molecule has 2 heterocycles. The fraction of sp³-hybridized carbons (Fsp3) is 0.321. The van der Waals surface area contributed by atoms with Crippen molar-refractivity contribution in [2.24, 2.45) is 11.3 Å². The van der Waals surface area contributed by atoms with Gasteiger partial charge in [0.05, 0.1) is 11.6 Å². The number of ketones is 1. The first-order valence-electron chi connectivity index (χ1n) is 11.7. The predicted octanol–water partition coefficient (Wildman–Crippen LogP) is 3.80. The standard InChI is InChI=1S/C28H25N3O5/c1-27(2)12-21(32)24-22(13-27)36-25(30)19(14-29)28(24)18-10-6-7-11-20(18)31(26(28)34)15-23(33)35-16-17-8-4-3-5-9-17/h3-11,19,30H,12-13,15-16H2,1-2H3. The van der Waals surface area contributed by atoms with E-state index in [-0.39, 0.29) is 42.6 Å². The van der Waals surface area contributed by atoms with Gasteiger partial charge in [0.25, 0.3) is 0 Å². The summed E-state index contributed by atoms with van der Waals surface area (Å²) in [6.45, 7) is 3.50. The van der Waals surface area contributed by atoms with E-state index in [9.17, 15) is 19.6 Å². The first-order chi connectivity index (χ1) is 17.2. The molecule has 2 aromatic carbocycles. The lowest BCUT2D eigenvalue weighted by Gasteiger charge is -2.43. The highest BCUT2D eigenvalue weighted by Gasteiger charge is 2.65. The van der Waals surface area contributed by atoms with Crippen molar-refractivity contribution in [3.8, 4) is 6.07 Å². The van der Waals surface area contributed by atoms with Gasteiger partial charge in [-0.25, -0.2) is 0 Å². The first-order valence-corrected chi connectivity index (χ1v) is 11.7. The number of hydrogen-bond donors (Lipinski definition) is 1. The van der Waals surface area contributed by atoms with Gasteiger partial charge in [0, 0.05) is 18.5 Å². The summed E-state index contributed by atoms with van der Waals surface area (Å²) in [5.74, 6) is -2.98. The molecule has 2 unspecified atom stereocenters. The Kier molecular flexibility index (Phi) is 5.51. The van der Waals surface area contributed by atoms with Crippen LogP contribution in [0.4, 0.5) is 5.69 Å². The monoisotopic (exact) mass is 483 g/mol. The van der Waals surface area contributed by atoms with Crippen LogP contribution >= 0.6 is 0 Å². The summed E-state index contributed by atoms with van der Waals surface area (Å²) < 4.78 is 11.1. The molecule has 8 heteroatoms. The molecule has 2 aliphatic heterocycles. The average Bonchev–Trinajstić information content (AvgIpc) is 3.06. The zero-order chi connectivity index (χ0) is 25.7. The van der Waals surface area contributed by atoms with Crippen molar-refractivity contribution in [3.63, 3.8) is 0 Å². The minimum Gasteiger partial charge on any atom is -0.459 e. The Bertz CT molecular complexity index is 1370. The SMILES string of the molecule is CC1(C)CC(=O)C2=C(C1)OC(=N)C(C#N)C21C(=O)N(CC(=O)OCc2ccccc2)c2ccccc21. The summed E-state index contributed by atoms with van der Waals surface area (Å²) in [6, 6.07) is 18.0. The number of fused-ring (bicyclic) bond motifs is 3. The van der Waals surface area contributed by atoms with Crippen LogP contribution in [0.3, 0.4) is 0 Å². The Hall–Kier alpha value is -4.25. The summed E-state index contributed by atoms with van der Waals surface area (Å²) in [4.78, 5) is 41.9. The second-order valence-electron chi connectivity index (χ2n) is 10.1. The molecular formula is C28H25N3O5. The highest BCUT2D eigenvalue weighted by Crippen LogP contribution is 2.57. The van der Waals surface area contributed by atoms with Crippen LogP contribution in [0, 0.1) is 28.1 Å². The van der Waals surface area contributed by atoms with Crippen molar-refractivity contribution in [2.45, 2.75) is 38.7 Å². The fourth-order valence-electron chi connectivity index (χ4n) is 5.55. The minimum absolute atomic E-state index is 0.0523. The minimum atomic E-state index is -1.75. The van der Waals surface area contributed by atoms with E-state index in [0.717, 1.165) is 5.56 Å². The van der Waals surface area contributed by atoms with Crippen LogP contribution in [0.25, 0.3) is 0 Å². The number of anilines is 1. The third-order valence-electron chi connectivity index (χ3n) is 7.02. The highest BCUT2D eigenvalue weighted by atomic mass is 16.5. The molecule has 182 valence electrons. The van der Waals surface area contributed by atoms with E-state index in [0.29, 0.717) is 17.7 Å². The molecule has 8 nitrogen and oxygen atoms in total. The summed E-state index contributed by atoms with van der Waals surface area (Å²) >= 11 is 0. The number of allylic oxidation sites excluding steroid dienone is 1. The molecule has 3 aliphatic rings. The Morgan fingerprint density at radius 1 is 1.14 bits per heavy atom. The van der Waals surface area contributed by atoms with Crippen LogP contribution in [0.1, 0.15) is 37.8 Å². The van der Waals surface area contributed by atoms with E-state index in [2.05, 4.69) is 6.07 Å². The van der Waals surface area contributed by atoms with Gasteiger partial charge in [0.2, 0.25) is 11.8 Å². The van der Waals surface area contributed by atoms with E-state index >= 15 is 0 Å². The topological polar surface area (TPSA) is 121 Å². The summed E-state index contributed by atoms with van der Waals surface area (Å²) in [7, 11) is 0. The normalized spacial score (nSPS) is 24.2. The Labute approximate surface area is 208 Å². The van der Waals surface area contributed by atoms with Crippen LogP contribution in [0.5, 0.6) is 0 Å². The molecule has 5 rings (SSSR count). The van der Waals surface area contributed by atoms with Crippen molar-refractivity contribution in [3.05, 3.63) is 77.1 Å². The van der Waals surface area contributed by atoms with Crippen LogP contribution in [0.2, 0.25) is 0 Å². The number of carbonyl (C=O) groups excluding carboxylic acids is 3. The molecule has 0 aromatic heterocycles. The van der Waals surface area contributed by atoms with Gasteiger partial charge in [0.15, 0.2) is 5.78 Å². The number of benzene rings is 2. The largest absolute Gasteiger partial charge is 0.459 e. The number of ether oxygens (including phenoxy) is 2. The van der Waals surface area contributed by atoms with Gasteiger partial charge >= 0.3 is 5.97 Å². The van der Waals surface area contributed by atoms with Gasteiger partial charge < -0.3 is 9.47 Å². The van der Waals surface area contributed by atoms with E-state index in [4.69, 9.17) is 14.9 Å². The Balaban J connectivity index is 1.58. The maximum absolute atomic E-state index is 14.3. The molecule has 36 heavy (non-hydrogen) atoms. The third kappa shape index (κ3) is 3.51. The van der Waals surface area contributed by atoms with Crippen molar-refractivity contribution in [1.82, 2.24) is 0 Å². The average molecular weight is 484 g/mol. The number of nitrogens with one attached hydrogen (secondary N) is 1. The molecule has 0 radical (unpaired) electrons. The molecule has 2 aromatic rings. The molecule has 0 saturated carbocycles. The number of para-hydroxylation sites is 1. The summed E-state index contributed by atoms with van der Waals surface area (Å²) in [6.07, 6.45) is 0.530. The summed E-state index contributed by atoms with van der Waals surface area (Å²) in [5.41, 5.74) is -0.392. The lowest BCUT2D eigenvalue weighted by molar-refractivity contribution is -0.144. The number of nitrogens with zero attached hydrogens (tertiary/aromatic N) is 2. The number of hydrogen-bond acceptors (Lipinski definition) is 7. The third-order valence-corrected chi connectivity index (χ3v) is 7.02. The number of rotatable bonds is 4. The van der Waals surface area contributed by atoms with Crippen molar-refractivity contribution >= 4 is 29.2 Å². The zero-order valence-electron chi connectivity index (χ0n) is 20.0. The van der Waals surface area contributed by atoms with E-state index in [1.165, 1.54) is 4.90 Å². The lowest BCUT2D eigenvalue weighted by Crippen LogP contribution is -2.56. The van der Waals surface area contributed by atoms with E-state index < -0.39 is 28.6 Å². The fourth-order valence-corrected chi connectivity index (χ4v) is 5.55. The molecule has 0 bridgehead atoms. The molecule has 1 aliphatic carbocycles. The van der Waals surface area contributed by atoms with E-state index in [1.54, 1.807) is 24.3 Å². The lowest BCUT2D eigenvalue weighted by atomic mass is 9.59. The number of esters is 1. The van der Waals surface area contributed by atoms with Crippen LogP contribution < -0.4 is 4.90 Å². The molecular weight excluding hydrogens is 458 g/mol. The highest BCUT2D eigenvalue weighted by molar-refractivity contribution is 6.21. The molecule has 2 atom stereocenters. The van der Waals surface area contributed by atoms with Gasteiger partial charge in [-0.1, -0.05) is 62.4 Å². The van der Waals surface area contributed by atoms with Gasteiger partial charge in [-0.05, 0) is 22.6 Å². The second-order valence-corrected chi connectivity index (χ2v) is 10.1. The van der Waals surface area contributed by atoms with Crippen molar-refractivity contribution in [1.29, 1.82) is 10.7 Å². The number of amides is 1. The van der Waals surface area contributed by atoms with Gasteiger partial charge in [-0.15, -0.1) is 0 Å². The quantitative estimate of drug-likeness (QED) is 0.661.